The summed E-state index contributed by atoms with van der Waals surface area (Å²) >= 11 is 0. The van der Waals surface area contributed by atoms with Crippen molar-refractivity contribution in [2.24, 2.45) is 11.3 Å². The van der Waals surface area contributed by atoms with Crippen molar-refractivity contribution in [3.8, 4) is 0 Å². The van der Waals surface area contributed by atoms with Gasteiger partial charge in [0.15, 0.2) is 0 Å². The molecular weight excluding hydrogens is 252 g/mol. The highest BCUT2D eigenvalue weighted by molar-refractivity contribution is 5.66. The Hall–Kier alpha value is -0.610. The summed E-state index contributed by atoms with van der Waals surface area (Å²) in [5.41, 5.74) is 0.288. The minimum atomic E-state index is -0.675. The Labute approximate surface area is 123 Å². The maximum Gasteiger partial charge on any atom is 0.303 e. The van der Waals surface area contributed by atoms with Crippen LogP contribution in [0.4, 0.5) is 0 Å². The second kappa shape index (κ2) is 7.41. The van der Waals surface area contributed by atoms with Gasteiger partial charge in [-0.25, -0.2) is 0 Å². The van der Waals surface area contributed by atoms with Crippen molar-refractivity contribution < 1.29 is 9.90 Å². The van der Waals surface area contributed by atoms with Crippen LogP contribution in [0.2, 0.25) is 0 Å². The lowest BCUT2D eigenvalue weighted by atomic mass is 9.88. The number of carboxylic acid groups (broad SMARTS) is 1. The average Bonchev–Trinajstić information content (AvgIpc) is 2.33. The first kappa shape index (κ1) is 17.4. The van der Waals surface area contributed by atoms with Crippen molar-refractivity contribution in [3.05, 3.63) is 0 Å². The fourth-order valence-corrected chi connectivity index (χ4v) is 2.80. The molecule has 0 aromatic rings. The Bertz CT molecular complexity index is 310. The first-order valence-electron chi connectivity index (χ1n) is 7.86. The van der Waals surface area contributed by atoms with Crippen LogP contribution in [0.3, 0.4) is 0 Å². The van der Waals surface area contributed by atoms with Gasteiger partial charge >= 0.3 is 5.97 Å². The van der Waals surface area contributed by atoms with Gasteiger partial charge in [-0.15, -0.1) is 0 Å². The van der Waals surface area contributed by atoms with E-state index in [1.165, 1.54) is 0 Å². The molecule has 20 heavy (non-hydrogen) atoms. The standard InChI is InChI=1S/C16H32N2O2/c1-12(2)18-9-13(6-7-15(19)20)8-14(10-18)17-11-16(3,4)5/h12-14,17H,6-11H2,1-5H3,(H,19,20). The lowest BCUT2D eigenvalue weighted by Crippen LogP contribution is -2.52. The van der Waals surface area contributed by atoms with E-state index in [0.717, 1.165) is 32.5 Å². The van der Waals surface area contributed by atoms with Crippen molar-refractivity contribution in [1.82, 2.24) is 10.2 Å². The SMILES string of the molecule is CC(C)N1CC(CCC(=O)O)CC(NCC(C)(C)C)C1. The largest absolute Gasteiger partial charge is 0.481 e. The fraction of sp³-hybridized carbons (Fsp3) is 0.938. The van der Waals surface area contributed by atoms with Crippen LogP contribution in [0, 0.1) is 11.3 Å². The van der Waals surface area contributed by atoms with E-state index < -0.39 is 5.97 Å². The Morgan fingerprint density at radius 2 is 2.00 bits per heavy atom. The zero-order chi connectivity index (χ0) is 15.3. The lowest BCUT2D eigenvalue weighted by Gasteiger charge is -2.41. The van der Waals surface area contributed by atoms with Gasteiger partial charge in [-0.2, -0.15) is 0 Å². The molecular formula is C16H32N2O2. The molecule has 0 spiro atoms. The predicted octanol–water partition coefficient (Wildman–Crippen LogP) is 2.59. The molecule has 1 aliphatic rings. The summed E-state index contributed by atoms with van der Waals surface area (Å²) in [7, 11) is 0. The smallest absolute Gasteiger partial charge is 0.303 e. The number of aliphatic carboxylic acids is 1. The van der Waals surface area contributed by atoms with Crippen molar-refractivity contribution in [2.45, 2.75) is 66.0 Å². The molecule has 1 saturated heterocycles. The normalized spacial score (nSPS) is 25.1. The highest BCUT2D eigenvalue weighted by Crippen LogP contribution is 2.23. The van der Waals surface area contributed by atoms with Crippen molar-refractivity contribution in [1.29, 1.82) is 0 Å². The van der Waals surface area contributed by atoms with E-state index in [4.69, 9.17) is 5.11 Å². The number of hydrogen-bond donors (Lipinski definition) is 2. The third kappa shape index (κ3) is 6.71. The third-order valence-electron chi connectivity index (χ3n) is 3.98. The van der Waals surface area contributed by atoms with Crippen LogP contribution < -0.4 is 5.32 Å². The number of carbonyl (C=O) groups is 1. The Balaban J connectivity index is 2.53. The maximum absolute atomic E-state index is 10.8. The van der Waals surface area contributed by atoms with Gasteiger partial charge in [-0.05, 0) is 38.0 Å². The number of hydrogen-bond acceptors (Lipinski definition) is 3. The van der Waals surface area contributed by atoms with Crippen LogP contribution in [0.5, 0.6) is 0 Å². The molecule has 0 aromatic heterocycles. The number of rotatable bonds is 6. The Kier molecular flexibility index (Phi) is 6.46. The Morgan fingerprint density at radius 3 is 2.50 bits per heavy atom. The molecule has 1 rings (SSSR count). The summed E-state index contributed by atoms with van der Waals surface area (Å²) in [5, 5.41) is 12.5. The van der Waals surface area contributed by atoms with Crippen LogP contribution in [-0.2, 0) is 4.79 Å². The van der Waals surface area contributed by atoms with E-state index >= 15 is 0 Å². The average molecular weight is 284 g/mol. The minimum absolute atomic E-state index is 0.288. The number of piperidine rings is 1. The van der Waals surface area contributed by atoms with Crippen LogP contribution in [0.15, 0.2) is 0 Å². The summed E-state index contributed by atoms with van der Waals surface area (Å²) < 4.78 is 0. The van der Waals surface area contributed by atoms with Gasteiger partial charge in [-0.3, -0.25) is 9.69 Å². The molecule has 1 fully saturated rings. The monoisotopic (exact) mass is 284 g/mol. The summed E-state index contributed by atoms with van der Waals surface area (Å²) in [6.45, 7) is 14.3. The predicted molar refractivity (Wildman–Crippen MR) is 82.9 cm³/mol. The van der Waals surface area contributed by atoms with Gasteiger partial charge in [0.05, 0.1) is 0 Å². The maximum atomic E-state index is 10.8. The van der Waals surface area contributed by atoms with E-state index in [-0.39, 0.29) is 5.41 Å². The molecule has 0 bridgehead atoms. The van der Waals surface area contributed by atoms with Crippen molar-refractivity contribution in [3.63, 3.8) is 0 Å². The molecule has 118 valence electrons. The summed E-state index contributed by atoms with van der Waals surface area (Å²) in [5.74, 6) is -0.175. The van der Waals surface area contributed by atoms with Gasteiger partial charge in [0.2, 0.25) is 0 Å². The number of nitrogens with zero attached hydrogens (tertiary/aromatic N) is 1. The van der Waals surface area contributed by atoms with Gasteiger partial charge < -0.3 is 10.4 Å². The summed E-state index contributed by atoms with van der Waals surface area (Å²) in [4.78, 5) is 13.2. The zero-order valence-corrected chi connectivity index (χ0v) is 13.8. The molecule has 4 nitrogen and oxygen atoms in total. The summed E-state index contributed by atoms with van der Waals surface area (Å²) in [6, 6.07) is 1.02. The van der Waals surface area contributed by atoms with Crippen LogP contribution in [0.25, 0.3) is 0 Å². The minimum Gasteiger partial charge on any atom is -0.481 e. The first-order valence-corrected chi connectivity index (χ1v) is 7.86. The second-order valence-corrected chi connectivity index (χ2v) is 7.72. The molecule has 2 N–H and O–H groups in total. The van der Waals surface area contributed by atoms with E-state index in [0.29, 0.717) is 24.4 Å². The Morgan fingerprint density at radius 1 is 1.35 bits per heavy atom. The molecule has 0 radical (unpaired) electrons. The van der Waals surface area contributed by atoms with Crippen molar-refractivity contribution >= 4 is 5.97 Å². The van der Waals surface area contributed by atoms with E-state index in [1.807, 2.05) is 0 Å². The highest BCUT2D eigenvalue weighted by Gasteiger charge is 2.29. The molecule has 4 heteroatoms. The molecule has 0 saturated carbocycles. The highest BCUT2D eigenvalue weighted by atomic mass is 16.4. The molecule has 1 aliphatic heterocycles. The first-order chi connectivity index (χ1) is 9.17. The molecule has 1 heterocycles. The summed E-state index contributed by atoms with van der Waals surface area (Å²) in [6.07, 6.45) is 2.20. The quantitative estimate of drug-likeness (QED) is 0.787. The number of carboxylic acids is 1. The van der Waals surface area contributed by atoms with Crippen LogP contribution >= 0.6 is 0 Å². The van der Waals surface area contributed by atoms with Gasteiger partial charge in [0.1, 0.15) is 0 Å². The van der Waals surface area contributed by atoms with E-state index in [2.05, 4.69) is 44.8 Å². The number of nitrogens with one attached hydrogen (secondary N) is 1. The molecule has 2 atom stereocenters. The van der Waals surface area contributed by atoms with Gasteiger partial charge in [0, 0.05) is 38.1 Å². The van der Waals surface area contributed by atoms with Gasteiger partial charge in [-0.1, -0.05) is 20.8 Å². The lowest BCUT2D eigenvalue weighted by molar-refractivity contribution is -0.137. The van der Waals surface area contributed by atoms with Crippen molar-refractivity contribution in [2.75, 3.05) is 19.6 Å². The van der Waals surface area contributed by atoms with E-state index in [9.17, 15) is 4.79 Å². The zero-order valence-electron chi connectivity index (χ0n) is 13.8. The molecule has 0 aromatic carbocycles. The molecule has 0 aliphatic carbocycles. The van der Waals surface area contributed by atoms with Crippen LogP contribution in [-0.4, -0.2) is 47.7 Å². The fourth-order valence-electron chi connectivity index (χ4n) is 2.80. The second-order valence-electron chi connectivity index (χ2n) is 7.72. The van der Waals surface area contributed by atoms with Crippen LogP contribution in [0.1, 0.15) is 53.9 Å². The molecule has 0 amide bonds. The topological polar surface area (TPSA) is 52.6 Å². The van der Waals surface area contributed by atoms with E-state index in [1.54, 1.807) is 0 Å². The number of likely N-dealkylation sites (tertiary alicyclic amines) is 1. The van der Waals surface area contributed by atoms with Gasteiger partial charge in [0.25, 0.3) is 0 Å². The molecule has 2 unspecified atom stereocenters. The third-order valence-corrected chi connectivity index (χ3v) is 3.98.